The minimum absolute atomic E-state index is 0.261. The zero-order valence-corrected chi connectivity index (χ0v) is 16.7. The minimum atomic E-state index is -1.08. The topological polar surface area (TPSA) is 113 Å². The van der Waals surface area contributed by atoms with E-state index >= 15 is 0 Å². The Morgan fingerprint density at radius 1 is 1.21 bits per heavy atom. The number of nitrogens with zero attached hydrogens (tertiary/aromatic N) is 5. The molecule has 0 unspecified atom stereocenters. The molecule has 29 heavy (non-hydrogen) atoms. The van der Waals surface area contributed by atoms with Crippen LogP contribution in [0, 0.1) is 6.92 Å². The first-order valence-corrected chi connectivity index (χ1v) is 9.84. The van der Waals surface area contributed by atoms with Gasteiger partial charge in [-0.05, 0) is 26.7 Å². The van der Waals surface area contributed by atoms with Gasteiger partial charge in [0.15, 0.2) is 0 Å². The minimum Gasteiger partial charge on any atom is -0.388 e. The van der Waals surface area contributed by atoms with Crippen LogP contribution in [0.3, 0.4) is 0 Å². The Balaban J connectivity index is 1.38. The van der Waals surface area contributed by atoms with Crippen LogP contribution in [0.2, 0.25) is 0 Å². The summed E-state index contributed by atoms with van der Waals surface area (Å²) in [6, 6.07) is -0.500. The van der Waals surface area contributed by atoms with E-state index in [0.717, 1.165) is 31.7 Å². The second kappa shape index (κ2) is 7.64. The molecule has 2 N–H and O–H groups in total. The summed E-state index contributed by atoms with van der Waals surface area (Å²) in [6.45, 7) is 5.36. The molecule has 2 aliphatic rings. The number of aryl methyl sites for hydroxylation is 1. The van der Waals surface area contributed by atoms with E-state index in [4.69, 9.17) is 4.74 Å². The van der Waals surface area contributed by atoms with Gasteiger partial charge in [0.1, 0.15) is 11.6 Å². The lowest BCUT2D eigenvalue weighted by Gasteiger charge is -2.51. The fourth-order valence-electron chi connectivity index (χ4n) is 4.13. The number of carbonyl (C=O) groups is 1. The molecule has 4 heterocycles. The molecule has 9 nitrogen and oxygen atoms in total. The van der Waals surface area contributed by atoms with Gasteiger partial charge in [-0.25, -0.2) is 15.0 Å². The Hall–Kier alpha value is -2.65. The summed E-state index contributed by atoms with van der Waals surface area (Å²) >= 11 is 0. The van der Waals surface area contributed by atoms with Crippen LogP contribution in [0.5, 0.6) is 0 Å². The molecule has 1 amide bonds. The van der Waals surface area contributed by atoms with Gasteiger partial charge in [0, 0.05) is 44.3 Å². The predicted octanol–water partition coefficient (Wildman–Crippen LogP) is 0.884. The zero-order valence-electron chi connectivity index (χ0n) is 16.7. The number of hydrogen-bond acceptors (Lipinski definition) is 8. The second-order valence-corrected chi connectivity index (χ2v) is 8.12. The first-order chi connectivity index (χ1) is 13.9. The van der Waals surface area contributed by atoms with E-state index in [1.54, 1.807) is 32.4 Å². The number of amides is 1. The van der Waals surface area contributed by atoms with Crippen LogP contribution in [0.25, 0.3) is 0 Å². The highest BCUT2D eigenvalue weighted by Crippen LogP contribution is 2.40. The van der Waals surface area contributed by atoms with Gasteiger partial charge in [-0.2, -0.15) is 0 Å². The average molecular weight is 398 g/mol. The van der Waals surface area contributed by atoms with Crippen molar-refractivity contribution in [3.63, 3.8) is 0 Å². The van der Waals surface area contributed by atoms with Gasteiger partial charge in [0.2, 0.25) is 0 Å². The first kappa shape index (κ1) is 19.7. The maximum absolute atomic E-state index is 12.5. The Kier molecular flexibility index (Phi) is 5.18. The van der Waals surface area contributed by atoms with Crippen molar-refractivity contribution in [1.29, 1.82) is 0 Å². The van der Waals surface area contributed by atoms with Gasteiger partial charge < -0.3 is 20.1 Å². The molecule has 154 valence electrons. The summed E-state index contributed by atoms with van der Waals surface area (Å²) in [5.41, 5.74) is -1.10. The van der Waals surface area contributed by atoms with Gasteiger partial charge in [-0.15, -0.1) is 0 Å². The van der Waals surface area contributed by atoms with E-state index in [0.29, 0.717) is 17.8 Å². The van der Waals surface area contributed by atoms with E-state index in [2.05, 4.69) is 30.2 Å². The molecule has 2 aromatic heterocycles. The standard InChI is InChI=1S/C20H26N6O3/c1-14-23-9-15(10-24-14)18(27)25-16-12-29-20(13-19(16,2)28)3-7-26(8-4-20)17-11-21-5-6-22-17/h5-6,9-11,16,28H,3-4,7-8,12-13H2,1-2H3,(H,25,27)/t16-,19-/m0/s1. The van der Waals surface area contributed by atoms with Crippen molar-refractivity contribution in [3.8, 4) is 0 Å². The number of ether oxygens (including phenoxy) is 1. The molecule has 0 aliphatic carbocycles. The molecule has 0 radical (unpaired) electrons. The molecule has 0 bridgehead atoms. The summed E-state index contributed by atoms with van der Waals surface area (Å²) in [5, 5.41) is 14.0. The molecule has 2 aromatic rings. The number of aliphatic hydroxyl groups is 1. The van der Waals surface area contributed by atoms with E-state index < -0.39 is 17.2 Å². The highest BCUT2D eigenvalue weighted by atomic mass is 16.5. The van der Waals surface area contributed by atoms with Crippen LogP contribution in [0.1, 0.15) is 42.4 Å². The van der Waals surface area contributed by atoms with Crippen LogP contribution in [-0.2, 0) is 4.74 Å². The average Bonchev–Trinajstić information content (AvgIpc) is 2.71. The number of anilines is 1. The van der Waals surface area contributed by atoms with Crippen molar-refractivity contribution in [2.75, 3.05) is 24.6 Å². The molecule has 0 aromatic carbocycles. The zero-order chi connectivity index (χ0) is 20.5. The first-order valence-electron chi connectivity index (χ1n) is 9.84. The van der Waals surface area contributed by atoms with E-state index in [1.807, 2.05) is 0 Å². The monoisotopic (exact) mass is 398 g/mol. The van der Waals surface area contributed by atoms with Gasteiger partial charge >= 0.3 is 0 Å². The molecule has 4 rings (SSSR count). The fraction of sp³-hybridized carbons (Fsp3) is 0.550. The van der Waals surface area contributed by atoms with Crippen molar-refractivity contribution < 1.29 is 14.6 Å². The molecule has 2 atom stereocenters. The van der Waals surface area contributed by atoms with Crippen LogP contribution in [0.4, 0.5) is 5.82 Å². The third kappa shape index (κ3) is 4.20. The summed E-state index contributed by atoms with van der Waals surface area (Å²) in [5.74, 6) is 1.15. The quantitative estimate of drug-likeness (QED) is 0.784. The second-order valence-electron chi connectivity index (χ2n) is 8.12. The highest BCUT2D eigenvalue weighted by molar-refractivity contribution is 5.93. The maximum Gasteiger partial charge on any atom is 0.254 e. The van der Waals surface area contributed by atoms with Crippen molar-refractivity contribution in [3.05, 3.63) is 42.4 Å². The number of aromatic nitrogens is 4. The lowest BCUT2D eigenvalue weighted by atomic mass is 9.75. The summed E-state index contributed by atoms with van der Waals surface area (Å²) in [6.07, 6.45) is 10.1. The Labute approximate surface area is 169 Å². The molecule has 1 spiro atoms. The van der Waals surface area contributed by atoms with Gasteiger partial charge in [-0.1, -0.05) is 0 Å². The van der Waals surface area contributed by atoms with E-state index in [1.165, 1.54) is 12.4 Å². The summed E-state index contributed by atoms with van der Waals surface area (Å²) in [7, 11) is 0. The Morgan fingerprint density at radius 3 is 2.55 bits per heavy atom. The van der Waals surface area contributed by atoms with Gasteiger partial charge in [-0.3, -0.25) is 9.78 Å². The van der Waals surface area contributed by atoms with Gasteiger partial charge in [0.05, 0.1) is 35.6 Å². The highest BCUT2D eigenvalue weighted by Gasteiger charge is 2.49. The van der Waals surface area contributed by atoms with Crippen molar-refractivity contribution in [1.82, 2.24) is 25.3 Å². The Morgan fingerprint density at radius 2 is 1.93 bits per heavy atom. The van der Waals surface area contributed by atoms with E-state index in [-0.39, 0.29) is 12.5 Å². The maximum atomic E-state index is 12.5. The van der Waals surface area contributed by atoms with Crippen molar-refractivity contribution >= 4 is 11.7 Å². The smallest absolute Gasteiger partial charge is 0.254 e. The lowest BCUT2D eigenvalue weighted by molar-refractivity contribution is -0.176. The van der Waals surface area contributed by atoms with Crippen LogP contribution in [0.15, 0.2) is 31.0 Å². The number of piperidine rings is 1. The van der Waals surface area contributed by atoms with Crippen molar-refractivity contribution in [2.45, 2.75) is 50.4 Å². The number of rotatable bonds is 3. The summed E-state index contributed by atoms with van der Waals surface area (Å²) < 4.78 is 6.23. The van der Waals surface area contributed by atoms with Gasteiger partial charge in [0.25, 0.3) is 5.91 Å². The van der Waals surface area contributed by atoms with Crippen LogP contribution in [-0.4, -0.2) is 67.9 Å². The largest absolute Gasteiger partial charge is 0.388 e. The molecule has 2 aliphatic heterocycles. The molecule has 2 saturated heterocycles. The van der Waals surface area contributed by atoms with Crippen LogP contribution >= 0.6 is 0 Å². The third-order valence-corrected chi connectivity index (χ3v) is 5.88. The molecule has 0 saturated carbocycles. The molecule has 9 heteroatoms. The number of nitrogens with one attached hydrogen (secondary N) is 1. The number of hydrogen-bond donors (Lipinski definition) is 2. The molecule has 2 fully saturated rings. The Bertz CT molecular complexity index is 850. The summed E-state index contributed by atoms with van der Waals surface area (Å²) in [4.78, 5) is 31.3. The molecular formula is C20H26N6O3. The SMILES string of the molecule is Cc1ncc(C(=O)N[C@H]2COC3(CCN(c4cnccn4)CC3)C[C@]2(C)O)cn1. The molecular weight excluding hydrogens is 372 g/mol. The fourth-order valence-corrected chi connectivity index (χ4v) is 4.13. The number of carbonyl (C=O) groups excluding carboxylic acids is 1. The third-order valence-electron chi connectivity index (χ3n) is 5.88. The van der Waals surface area contributed by atoms with Crippen molar-refractivity contribution in [2.24, 2.45) is 0 Å². The normalized spacial score (nSPS) is 26.3. The predicted molar refractivity (Wildman–Crippen MR) is 105 cm³/mol. The van der Waals surface area contributed by atoms with E-state index in [9.17, 15) is 9.90 Å². The van der Waals surface area contributed by atoms with Crippen LogP contribution < -0.4 is 10.2 Å². The lowest BCUT2D eigenvalue weighted by Crippen LogP contribution is -2.64.